The predicted molar refractivity (Wildman–Crippen MR) is 108 cm³/mol. The molecule has 4 nitrogen and oxygen atoms in total. The molecule has 4 N–H and O–H groups in total. The fraction of sp³-hybridized carbons (Fsp3) is 0.150. The number of aromatic nitrogens is 2. The van der Waals surface area contributed by atoms with E-state index in [1.54, 1.807) is 29.6 Å². The van der Waals surface area contributed by atoms with Gasteiger partial charge in [0.25, 0.3) is 0 Å². The van der Waals surface area contributed by atoms with Gasteiger partial charge < -0.3 is 15.7 Å². The molecule has 0 aliphatic rings. The minimum atomic E-state index is -0.232. The number of hydrogen-bond acceptors (Lipinski definition) is 4. The minimum absolute atomic E-state index is 0.140. The first-order valence-electron chi connectivity index (χ1n) is 8.36. The van der Waals surface area contributed by atoms with Gasteiger partial charge in [-0.05, 0) is 55.5 Å². The van der Waals surface area contributed by atoms with Crippen molar-refractivity contribution in [2.24, 2.45) is 5.73 Å². The highest BCUT2D eigenvalue weighted by atomic mass is 32.1. The molecule has 0 fully saturated rings. The maximum Gasteiger partial charge on any atom is 0.144 e. The number of ketones is 1. The smallest absolute Gasteiger partial charge is 0.144 e. The molecular weight excluding hydrogens is 362 g/mol. The SMILES string of the molecule is CC(=O)C(c1ccc[nH]1)c1ccc(-c2ccc(C(N)c3ccc[nH]3)s2)s1. The monoisotopic (exact) mass is 381 g/mol. The van der Waals surface area contributed by atoms with Crippen molar-refractivity contribution in [2.45, 2.75) is 18.9 Å². The van der Waals surface area contributed by atoms with Crippen LogP contribution in [-0.2, 0) is 4.79 Å². The average Bonchev–Trinajstić information content (AvgIpc) is 3.40. The fourth-order valence-corrected chi connectivity index (χ4v) is 5.38. The van der Waals surface area contributed by atoms with Crippen LogP contribution < -0.4 is 5.73 Å². The summed E-state index contributed by atoms with van der Waals surface area (Å²) in [5.74, 6) is -0.0918. The highest BCUT2D eigenvalue weighted by Gasteiger charge is 2.22. The molecule has 26 heavy (non-hydrogen) atoms. The van der Waals surface area contributed by atoms with Crippen LogP contribution in [0.2, 0.25) is 0 Å². The lowest BCUT2D eigenvalue weighted by molar-refractivity contribution is -0.117. The van der Waals surface area contributed by atoms with Crippen LogP contribution in [0, 0.1) is 0 Å². The van der Waals surface area contributed by atoms with Gasteiger partial charge in [-0.25, -0.2) is 0 Å². The van der Waals surface area contributed by atoms with Crippen LogP contribution >= 0.6 is 22.7 Å². The molecule has 0 bridgehead atoms. The van der Waals surface area contributed by atoms with E-state index in [0.29, 0.717) is 0 Å². The van der Waals surface area contributed by atoms with E-state index < -0.39 is 0 Å². The number of rotatable bonds is 6. The number of H-pyrrole nitrogens is 2. The number of nitrogens with one attached hydrogen (secondary N) is 2. The van der Waals surface area contributed by atoms with E-state index in [1.165, 1.54) is 4.88 Å². The van der Waals surface area contributed by atoms with Gasteiger partial charge in [0.2, 0.25) is 0 Å². The Hall–Kier alpha value is -2.41. The van der Waals surface area contributed by atoms with Crippen molar-refractivity contribution in [1.82, 2.24) is 9.97 Å². The maximum atomic E-state index is 12.2. The summed E-state index contributed by atoms with van der Waals surface area (Å²) in [6.45, 7) is 1.64. The second-order valence-electron chi connectivity index (χ2n) is 6.18. The second-order valence-corrected chi connectivity index (χ2v) is 8.41. The van der Waals surface area contributed by atoms with Crippen LogP contribution in [-0.4, -0.2) is 15.8 Å². The summed E-state index contributed by atoms with van der Waals surface area (Å²) in [6.07, 6.45) is 3.74. The van der Waals surface area contributed by atoms with Crippen LogP contribution in [0.5, 0.6) is 0 Å². The minimum Gasteiger partial charge on any atom is -0.364 e. The molecule has 132 valence electrons. The normalized spacial score (nSPS) is 13.6. The van der Waals surface area contributed by atoms with E-state index in [1.807, 2.05) is 36.7 Å². The predicted octanol–water partition coefficient (Wildman–Crippen LogP) is 4.90. The topological polar surface area (TPSA) is 74.7 Å². The van der Waals surface area contributed by atoms with Crippen LogP contribution in [0.25, 0.3) is 9.75 Å². The molecule has 0 saturated carbocycles. The molecule has 4 heterocycles. The molecule has 0 spiro atoms. The molecule has 0 aliphatic heterocycles. The van der Waals surface area contributed by atoms with Gasteiger partial charge in [0.15, 0.2) is 0 Å². The first-order chi connectivity index (χ1) is 12.6. The Bertz CT molecular complexity index is 996. The summed E-state index contributed by atoms with van der Waals surface area (Å²) in [7, 11) is 0. The summed E-state index contributed by atoms with van der Waals surface area (Å²) in [5.41, 5.74) is 8.29. The first-order valence-corrected chi connectivity index (χ1v) is 9.99. The summed E-state index contributed by atoms with van der Waals surface area (Å²) in [4.78, 5) is 23.0. The third-order valence-corrected chi connectivity index (χ3v) is 6.90. The Labute approximate surface area is 159 Å². The van der Waals surface area contributed by atoms with Gasteiger partial charge in [-0.2, -0.15) is 0 Å². The molecule has 4 rings (SSSR count). The van der Waals surface area contributed by atoms with Crippen molar-refractivity contribution in [3.63, 3.8) is 0 Å². The number of Topliss-reactive ketones (excluding diaryl/α,β-unsaturated/α-hetero) is 1. The summed E-state index contributed by atoms with van der Waals surface area (Å²) in [6, 6.07) is 16.0. The highest BCUT2D eigenvalue weighted by molar-refractivity contribution is 7.22. The number of carbonyl (C=O) groups is 1. The molecule has 6 heteroatoms. The molecule has 2 unspecified atom stereocenters. The van der Waals surface area contributed by atoms with E-state index in [-0.39, 0.29) is 17.7 Å². The first kappa shape index (κ1) is 17.0. The molecule has 0 aliphatic carbocycles. The molecule has 4 aromatic rings. The fourth-order valence-electron chi connectivity index (χ4n) is 3.08. The zero-order valence-electron chi connectivity index (χ0n) is 14.2. The highest BCUT2D eigenvalue weighted by Crippen LogP contribution is 2.39. The van der Waals surface area contributed by atoms with Crippen molar-refractivity contribution in [2.75, 3.05) is 0 Å². The van der Waals surface area contributed by atoms with Gasteiger partial charge in [-0.1, -0.05) is 0 Å². The maximum absolute atomic E-state index is 12.2. The third-order valence-electron chi connectivity index (χ3n) is 4.38. The Morgan fingerprint density at radius 1 is 0.885 bits per heavy atom. The number of nitrogens with two attached hydrogens (primary N) is 1. The van der Waals surface area contributed by atoms with Gasteiger partial charge in [0.1, 0.15) is 5.78 Å². The Balaban J connectivity index is 1.61. The number of hydrogen-bond donors (Lipinski definition) is 3. The number of thiophene rings is 2. The van der Waals surface area contributed by atoms with E-state index in [9.17, 15) is 4.79 Å². The van der Waals surface area contributed by atoms with Gasteiger partial charge in [-0.15, -0.1) is 22.7 Å². The van der Waals surface area contributed by atoms with Gasteiger partial charge in [-0.3, -0.25) is 4.79 Å². The second kappa shape index (κ2) is 7.07. The molecule has 4 aromatic heterocycles. The van der Waals surface area contributed by atoms with Gasteiger partial charge in [0.05, 0.1) is 12.0 Å². The van der Waals surface area contributed by atoms with E-state index in [2.05, 4.69) is 34.2 Å². The van der Waals surface area contributed by atoms with Crippen LogP contribution in [0.3, 0.4) is 0 Å². The average molecular weight is 382 g/mol. The van der Waals surface area contributed by atoms with Crippen LogP contribution in [0.15, 0.2) is 60.9 Å². The largest absolute Gasteiger partial charge is 0.364 e. The van der Waals surface area contributed by atoms with E-state index in [0.717, 1.165) is 26.0 Å². The van der Waals surface area contributed by atoms with E-state index >= 15 is 0 Å². The summed E-state index contributed by atoms with van der Waals surface area (Å²) >= 11 is 3.36. The Kier molecular flexibility index (Phi) is 4.63. The zero-order valence-corrected chi connectivity index (χ0v) is 15.9. The summed E-state index contributed by atoms with van der Waals surface area (Å²) in [5, 5.41) is 0. The molecule has 2 atom stereocenters. The number of aromatic amines is 2. The quantitative estimate of drug-likeness (QED) is 0.444. The molecule has 0 aromatic carbocycles. The lowest BCUT2D eigenvalue weighted by atomic mass is 9.99. The zero-order chi connectivity index (χ0) is 18.1. The van der Waals surface area contributed by atoms with Crippen molar-refractivity contribution in [1.29, 1.82) is 0 Å². The number of carbonyl (C=O) groups excluding carboxylic acids is 1. The van der Waals surface area contributed by atoms with E-state index in [4.69, 9.17) is 5.73 Å². The van der Waals surface area contributed by atoms with Crippen LogP contribution in [0.4, 0.5) is 0 Å². The molecular formula is C20H19N3OS2. The molecule has 0 radical (unpaired) electrons. The van der Waals surface area contributed by atoms with Gasteiger partial charge in [0, 0.05) is 43.3 Å². The van der Waals surface area contributed by atoms with Crippen molar-refractivity contribution < 1.29 is 4.79 Å². The summed E-state index contributed by atoms with van der Waals surface area (Å²) < 4.78 is 0. The lowest BCUT2D eigenvalue weighted by Crippen LogP contribution is -2.10. The molecule has 0 saturated heterocycles. The van der Waals surface area contributed by atoms with Crippen LogP contribution in [0.1, 0.15) is 40.0 Å². The third kappa shape index (κ3) is 3.19. The van der Waals surface area contributed by atoms with Gasteiger partial charge >= 0.3 is 0 Å². The molecule has 0 amide bonds. The lowest BCUT2D eigenvalue weighted by Gasteiger charge is -2.09. The Morgan fingerprint density at radius 2 is 1.46 bits per heavy atom. The van der Waals surface area contributed by atoms with Crippen molar-refractivity contribution in [3.8, 4) is 9.75 Å². The Morgan fingerprint density at radius 3 is 2.04 bits per heavy atom. The standard InChI is InChI=1S/C20H19N3OS2/c1-12(24)19(13-4-2-10-22-13)17-8-6-15(25-17)16-7-9-18(26-16)20(21)14-5-3-11-23-14/h2-11,19-20,22-23H,21H2,1H3. The van der Waals surface area contributed by atoms with Crippen molar-refractivity contribution in [3.05, 3.63) is 82.1 Å². The van der Waals surface area contributed by atoms with Crippen molar-refractivity contribution >= 4 is 28.5 Å².